The normalized spacial score (nSPS) is 13.6. The van der Waals surface area contributed by atoms with Crippen LogP contribution in [0, 0.1) is 5.82 Å². The molecule has 0 fully saturated rings. The predicted octanol–water partition coefficient (Wildman–Crippen LogP) is 2.77. The van der Waals surface area contributed by atoms with Gasteiger partial charge in [-0.15, -0.1) is 0 Å². The van der Waals surface area contributed by atoms with Crippen LogP contribution < -0.4 is 0 Å². The highest BCUT2D eigenvalue weighted by molar-refractivity contribution is 5.87. The molecule has 20 heavy (non-hydrogen) atoms. The second-order valence-electron chi connectivity index (χ2n) is 4.67. The molecule has 0 aliphatic heterocycles. The summed E-state index contributed by atoms with van der Waals surface area (Å²) in [6.45, 7) is 5.07. The summed E-state index contributed by atoms with van der Waals surface area (Å²) in [4.78, 5) is 25.0. The predicted molar refractivity (Wildman–Crippen MR) is 73.7 cm³/mol. The number of nitrogens with zero attached hydrogens (tertiary/aromatic N) is 1. The molecular weight excluding hydrogens is 261 g/mol. The van der Waals surface area contributed by atoms with E-state index in [0.29, 0.717) is 6.42 Å². The van der Waals surface area contributed by atoms with Gasteiger partial charge in [-0.1, -0.05) is 32.0 Å². The standard InChI is InChI=1S/C15H20FNO3/c1-4-10-17(11(3)18)15(5-2,14(19)20)12-8-6-7-9-13(12)16/h6-9H,4-5,10H2,1-3H3,(H,19,20). The number of benzene rings is 1. The number of aliphatic carboxylic acids is 1. The maximum Gasteiger partial charge on any atom is 0.334 e. The van der Waals surface area contributed by atoms with E-state index >= 15 is 0 Å². The summed E-state index contributed by atoms with van der Waals surface area (Å²) in [5, 5.41) is 9.69. The summed E-state index contributed by atoms with van der Waals surface area (Å²) in [6.07, 6.45) is 0.700. The number of hydrogen-bond acceptors (Lipinski definition) is 2. The molecule has 1 atom stereocenters. The molecule has 1 unspecified atom stereocenters. The van der Waals surface area contributed by atoms with Crippen LogP contribution in [0.4, 0.5) is 4.39 Å². The molecule has 1 aromatic rings. The third kappa shape index (κ3) is 2.66. The van der Waals surface area contributed by atoms with E-state index in [0.717, 1.165) is 0 Å². The van der Waals surface area contributed by atoms with Crippen molar-refractivity contribution in [2.75, 3.05) is 6.54 Å². The quantitative estimate of drug-likeness (QED) is 0.872. The third-order valence-corrected chi connectivity index (χ3v) is 3.47. The van der Waals surface area contributed by atoms with Gasteiger partial charge in [0, 0.05) is 19.0 Å². The minimum absolute atomic E-state index is 0.0265. The SMILES string of the molecule is CCCN(C(C)=O)C(CC)(C(=O)O)c1ccccc1F. The first kappa shape index (κ1) is 16.1. The van der Waals surface area contributed by atoms with E-state index in [1.807, 2.05) is 6.92 Å². The van der Waals surface area contributed by atoms with Crippen LogP contribution in [0.2, 0.25) is 0 Å². The average Bonchev–Trinajstić information content (AvgIpc) is 2.40. The molecule has 4 nitrogen and oxygen atoms in total. The van der Waals surface area contributed by atoms with Crippen molar-refractivity contribution in [2.45, 2.75) is 39.2 Å². The number of halogens is 1. The van der Waals surface area contributed by atoms with Crippen molar-refractivity contribution in [3.63, 3.8) is 0 Å². The first-order valence-corrected chi connectivity index (χ1v) is 6.68. The lowest BCUT2D eigenvalue weighted by molar-refractivity contribution is -0.160. The third-order valence-electron chi connectivity index (χ3n) is 3.47. The molecule has 0 spiro atoms. The summed E-state index contributed by atoms with van der Waals surface area (Å²) < 4.78 is 14.1. The van der Waals surface area contributed by atoms with Crippen molar-refractivity contribution in [1.82, 2.24) is 4.90 Å². The first-order valence-electron chi connectivity index (χ1n) is 6.68. The summed E-state index contributed by atoms with van der Waals surface area (Å²) >= 11 is 0. The Bertz CT molecular complexity index is 504. The van der Waals surface area contributed by atoms with E-state index < -0.39 is 17.3 Å². The lowest BCUT2D eigenvalue weighted by atomic mass is 9.84. The van der Waals surface area contributed by atoms with Crippen LogP contribution in [0.15, 0.2) is 24.3 Å². The van der Waals surface area contributed by atoms with Crippen LogP contribution in [-0.4, -0.2) is 28.4 Å². The van der Waals surface area contributed by atoms with E-state index in [1.54, 1.807) is 13.0 Å². The molecule has 0 aromatic heterocycles. The summed E-state index contributed by atoms with van der Waals surface area (Å²) in [7, 11) is 0. The second kappa shape index (κ2) is 6.50. The molecule has 1 rings (SSSR count). The highest BCUT2D eigenvalue weighted by Crippen LogP contribution is 2.34. The fourth-order valence-corrected chi connectivity index (χ4v) is 2.55. The highest BCUT2D eigenvalue weighted by atomic mass is 19.1. The Morgan fingerprint density at radius 2 is 1.90 bits per heavy atom. The molecule has 0 aliphatic rings. The van der Waals surface area contributed by atoms with Crippen LogP contribution in [0.25, 0.3) is 0 Å². The van der Waals surface area contributed by atoms with Crippen LogP contribution in [0.1, 0.15) is 39.2 Å². The molecule has 0 heterocycles. The van der Waals surface area contributed by atoms with Gasteiger partial charge in [-0.3, -0.25) is 4.79 Å². The first-order chi connectivity index (χ1) is 9.41. The van der Waals surface area contributed by atoms with E-state index in [4.69, 9.17) is 0 Å². The molecule has 1 amide bonds. The molecule has 0 bridgehead atoms. The number of carboxylic acids is 1. The minimum Gasteiger partial charge on any atom is -0.479 e. The van der Waals surface area contributed by atoms with Crippen LogP contribution in [0.3, 0.4) is 0 Å². The van der Waals surface area contributed by atoms with Gasteiger partial charge in [0.15, 0.2) is 5.54 Å². The Labute approximate surface area is 118 Å². The van der Waals surface area contributed by atoms with Gasteiger partial charge in [0.1, 0.15) is 5.82 Å². The summed E-state index contributed by atoms with van der Waals surface area (Å²) in [5.74, 6) is -2.20. The lowest BCUT2D eigenvalue weighted by Gasteiger charge is -2.40. The van der Waals surface area contributed by atoms with Crippen molar-refractivity contribution >= 4 is 11.9 Å². The summed E-state index contributed by atoms with van der Waals surface area (Å²) in [5.41, 5.74) is -1.63. The average molecular weight is 281 g/mol. The zero-order valence-corrected chi connectivity index (χ0v) is 12.0. The molecule has 1 aromatic carbocycles. The Hall–Kier alpha value is -1.91. The van der Waals surface area contributed by atoms with Crippen LogP contribution >= 0.6 is 0 Å². The lowest BCUT2D eigenvalue weighted by Crippen LogP contribution is -2.54. The van der Waals surface area contributed by atoms with Crippen LogP contribution in [0.5, 0.6) is 0 Å². The van der Waals surface area contributed by atoms with E-state index in [2.05, 4.69) is 0 Å². The smallest absolute Gasteiger partial charge is 0.334 e. The molecule has 5 heteroatoms. The van der Waals surface area contributed by atoms with Gasteiger partial charge < -0.3 is 10.0 Å². The van der Waals surface area contributed by atoms with Gasteiger partial charge >= 0.3 is 5.97 Å². The molecule has 1 N–H and O–H groups in total. The van der Waals surface area contributed by atoms with Crippen molar-refractivity contribution < 1.29 is 19.1 Å². The topological polar surface area (TPSA) is 57.6 Å². The number of carbonyl (C=O) groups is 2. The number of rotatable bonds is 6. The maximum absolute atomic E-state index is 14.1. The van der Waals surface area contributed by atoms with E-state index in [1.165, 1.54) is 30.0 Å². The Kier molecular flexibility index (Phi) is 5.25. The maximum atomic E-state index is 14.1. The molecule has 110 valence electrons. The number of hydrogen-bond donors (Lipinski definition) is 1. The zero-order valence-electron chi connectivity index (χ0n) is 12.0. The summed E-state index contributed by atoms with van der Waals surface area (Å²) in [6, 6.07) is 5.72. The zero-order chi connectivity index (χ0) is 15.3. The minimum atomic E-state index is -1.66. The van der Waals surface area contributed by atoms with Gasteiger partial charge in [-0.05, 0) is 18.9 Å². The fraction of sp³-hybridized carbons (Fsp3) is 0.467. The van der Waals surface area contributed by atoms with Gasteiger partial charge in [0.2, 0.25) is 5.91 Å². The Balaban J connectivity index is 3.54. The van der Waals surface area contributed by atoms with Gasteiger partial charge in [-0.2, -0.15) is 0 Å². The Morgan fingerprint density at radius 3 is 2.30 bits per heavy atom. The molecule has 0 radical (unpaired) electrons. The number of carboxylic acid groups (broad SMARTS) is 1. The van der Waals surface area contributed by atoms with E-state index in [9.17, 15) is 19.1 Å². The molecule has 0 saturated heterocycles. The van der Waals surface area contributed by atoms with E-state index in [-0.39, 0.29) is 24.4 Å². The van der Waals surface area contributed by atoms with Crippen molar-refractivity contribution in [3.8, 4) is 0 Å². The monoisotopic (exact) mass is 281 g/mol. The number of amides is 1. The van der Waals surface area contributed by atoms with Gasteiger partial charge in [0.05, 0.1) is 0 Å². The molecule has 0 aliphatic carbocycles. The van der Waals surface area contributed by atoms with Crippen molar-refractivity contribution in [3.05, 3.63) is 35.6 Å². The highest BCUT2D eigenvalue weighted by Gasteiger charge is 2.47. The van der Waals surface area contributed by atoms with Crippen LogP contribution in [-0.2, 0) is 15.1 Å². The Morgan fingerprint density at radius 1 is 1.30 bits per heavy atom. The molecular formula is C15H20FNO3. The number of carbonyl (C=O) groups excluding carboxylic acids is 1. The largest absolute Gasteiger partial charge is 0.479 e. The van der Waals surface area contributed by atoms with Crippen molar-refractivity contribution in [2.24, 2.45) is 0 Å². The van der Waals surface area contributed by atoms with Crippen molar-refractivity contribution in [1.29, 1.82) is 0 Å². The van der Waals surface area contributed by atoms with Gasteiger partial charge in [-0.25, -0.2) is 9.18 Å². The fourth-order valence-electron chi connectivity index (χ4n) is 2.55. The van der Waals surface area contributed by atoms with Gasteiger partial charge in [0.25, 0.3) is 0 Å². The molecule has 0 saturated carbocycles. The second-order valence-corrected chi connectivity index (χ2v) is 4.67.